The molecule has 3 heterocycles. The predicted molar refractivity (Wildman–Crippen MR) is 72.2 cm³/mol. The van der Waals surface area contributed by atoms with Crippen LogP contribution in [0.25, 0.3) is 5.82 Å². The number of alkyl halides is 3. The van der Waals surface area contributed by atoms with Crippen molar-refractivity contribution in [2.24, 2.45) is 0 Å². The van der Waals surface area contributed by atoms with Gasteiger partial charge in [-0.05, 0) is 23.9 Å². The number of anilines is 1. The molecule has 0 bridgehead atoms. The minimum atomic E-state index is -4.35. The molecular formula is C15H15ClF3N3. The second kappa shape index (κ2) is 6.52. The fourth-order valence-corrected chi connectivity index (χ4v) is 2.46. The molecule has 0 aromatic carbocycles. The van der Waals surface area contributed by atoms with Crippen LogP contribution in [0.2, 0.25) is 0 Å². The Labute approximate surface area is 132 Å². The number of hydrogen-bond donors (Lipinski definition) is 0. The van der Waals surface area contributed by atoms with Crippen LogP contribution in [0.3, 0.4) is 0 Å². The summed E-state index contributed by atoms with van der Waals surface area (Å²) >= 11 is 0. The van der Waals surface area contributed by atoms with Crippen LogP contribution < -0.4 is 21.9 Å². The number of hydrogen-bond acceptors (Lipinski definition) is 2. The van der Waals surface area contributed by atoms with E-state index in [-0.39, 0.29) is 12.4 Å². The van der Waals surface area contributed by atoms with Gasteiger partial charge in [0.15, 0.2) is 6.20 Å². The van der Waals surface area contributed by atoms with Crippen molar-refractivity contribution in [3.63, 3.8) is 0 Å². The third kappa shape index (κ3) is 3.50. The Morgan fingerprint density at radius 2 is 1.64 bits per heavy atom. The van der Waals surface area contributed by atoms with Crippen molar-refractivity contribution in [1.82, 2.24) is 4.98 Å². The molecule has 0 amide bonds. The van der Waals surface area contributed by atoms with Crippen LogP contribution in [0, 0.1) is 0 Å². The van der Waals surface area contributed by atoms with Crippen LogP contribution in [-0.4, -0.2) is 18.1 Å². The second-order valence-corrected chi connectivity index (χ2v) is 5.06. The molecule has 118 valence electrons. The van der Waals surface area contributed by atoms with Crippen molar-refractivity contribution in [2.45, 2.75) is 19.0 Å². The van der Waals surface area contributed by atoms with Gasteiger partial charge in [0.05, 0.1) is 18.0 Å². The molecule has 1 aliphatic rings. The standard InChI is InChI=1S/C15H15F3N3.ClH/c16-15(17,18)12-3-4-14(19-11-12)21-9-5-13(6-10-21)20-7-1-2-8-20;/h3-6,9-11H,1-2,7-8H2;1H/q+1;/p-1. The molecule has 2 aromatic rings. The Morgan fingerprint density at radius 1 is 1.00 bits per heavy atom. The van der Waals surface area contributed by atoms with Gasteiger partial charge in [0.1, 0.15) is 0 Å². The van der Waals surface area contributed by atoms with Gasteiger partial charge < -0.3 is 17.3 Å². The lowest BCUT2D eigenvalue weighted by molar-refractivity contribution is -0.599. The fraction of sp³-hybridized carbons (Fsp3) is 0.333. The Balaban J connectivity index is 0.00000176. The topological polar surface area (TPSA) is 20.0 Å². The summed E-state index contributed by atoms with van der Waals surface area (Å²) in [5, 5.41) is 0. The minimum Gasteiger partial charge on any atom is -1.00 e. The van der Waals surface area contributed by atoms with E-state index in [0.29, 0.717) is 5.82 Å². The number of aromatic nitrogens is 2. The maximum absolute atomic E-state index is 12.5. The molecule has 1 fully saturated rings. The first-order valence-electron chi connectivity index (χ1n) is 6.84. The summed E-state index contributed by atoms with van der Waals surface area (Å²) < 4.78 is 39.2. The van der Waals surface area contributed by atoms with Crippen LogP contribution >= 0.6 is 0 Å². The monoisotopic (exact) mass is 329 g/mol. The van der Waals surface area contributed by atoms with Gasteiger partial charge in [0, 0.05) is 37.0 Å². The Morgan fingerprint density at radius 3 is 2.14 bits per heavy atom. The molecule has 22 heavy (non-hydrogen) atoms. The van der Waals surface area contributed by atoms with Crippen molar-refractivity contribution >= 4 is 5.69 Å². The van der Waals surface area contributed by atoms with Crippen molar-refractivity contribution < 1.29 is 30.1 Å². The molecule has 1 saturated heterocycles. The highest BCUT2D eigenvalue weighted by molar-refractivity contribution is 5.44. The van der Waals surface area contributed by atoms with Crippen molar-refractivity contribution in [3.8, 4) is 5.82 Å². The Bertz CT molecular complexity index is 605. The highest BCUT2D eigenvalue weighted by Crippen LogP contribution is 2.28. The number of nitrogens with zero attached hydrogens (tertiary/aromatic N) is 3. The van der Waals surface area contributed by atoms with Gasteiger partial charge in [-0.1, -0.05) is 0 Å². The summed E-state index contributed by atoms with van der Waals surface area (Å²) in [6, 6.07) is 6.34. The zero-order chi connectivity index (χ0) is 14.9. The number of pyridine rings is 2. The van der Waals surface area contributed by atoms with E-state index >= 15 is 0 Å². The summed E-state index contributed by atoms with van der Waals surface area (Å²) in [7, 11) is 0. The SMILES string of the molecule is FC(F)(F)c1ccc(-[n+]2ccc(N3CCCC3)cc2)nc1.[Cl-]. The van der Waals surface area contributed by atoms with E-state index in [1.54, 1.807) is 4.57 Å². The largest absolute Gasteiger partial charge is 1.00 e. The predicted octanol–water partition coefficient (Wildman–Crippen LogP) is -0.0187. The van der Waals surface area contributed by atoms with Gasteiger partial charge in [-0.2, -0.15) is 13.2 Å². The highest BCUT2D eigenvalue weighted by Gasteiger charge is 2.32. The Kier molecular flexibility index (Phi) is 4.90. The molecule has 0 aliphatic carbocycles. The van der Waals surface area contributed by atoms with Gasteiger partial charge in [0.2, 0.25) is 0 Å². The average Bonchev–Trinajstić information content (AvgIpc) is 3.01. The van der Waals surface area contributed by atoms with E-state index in [2.05, 4.69) is 9.88 Å². The normalized spacial score (nSPS) is 14.8. The van der Waals surface area contributed by atoms with Gasteiger partial charge in [-0.15, -0.1) is 0 Å². The zero-order valence-electron chi connectivity index (χ0n) is 11.7. The number of rotatable bonds is 2. The van der Waals surface area contributed by atoms with Crippen LogP contribution in [0.4, 0.5) is 18.9 Å². The molecular weight excluding hydrogens is 315 g/mol. The lowest BCUT2D eigenvalue weighted by Crippen LogP contribution is -3.00. The summed E-state index contributed by atoms with van der Waals surface area (Å²) in [5.41, 5.74) is 0.399. The summed E-state index contributed by atoms with van der Waals surface area (Å²) in [6.07, 6.45) is 2.56. The van der Waals surface area contributed by atoms with E-state index in [1.165, 1.54) is 18.9 Å². The van der Waals surface area contributed by atoms with E-state index in [4.69, 9.17) is 0 Å². The summed E-state index contributed by atoms with van der Waals surface area (Å²) in [4.78, 5) is 6.17. The minimum absolute atomic E-state index is 0. The molecule has 7 heteroatoms. The average molecular weight is 330 g/mol. The lowest BCUT2D eigenvalue weighted by Gasteiger charge is -2.16. The Hall–Kier alpha value is -1.82. The third-order valence-electron chi connectivity index (χ3n) is 3.62. The van der Waals surface area contributed by atoms with E-state index < -0.39 is 11.7 Å². The molecule has 0 radical (unpaired) electrons. The van der Waals surface area contributed by atoms with Crippen LogP contribution in [0.1, 0.15) is 18.4 Å². The van der Waals surface area contributed by atoms with Gasteiger partial charge >= 0.3 is 12.0 Å². The maximum atomic E-state index is 12.5. The van der Waals surface area contributed by atoms with Crippen molar-refractivity contribution in [3.05, 3.63) is 48.4 Å². The third-order valence-corrected chi connectivity index (χ3v) is 3.62. The first-order chi connectivity index (χ1) is 10.0. The fourth-order valence-electron chi connectivity index (χ4n) is 2.46. The smallest absolute Gasteiger partial charge is 0.420 e. The van der Waals surface area contributed by atoms with E-state index in [0.717, 1.165) is 31.0 Å². The molecule has 1 aliphatic heterocycles. The first-order valence-corrected chi connectivity index (χ1v) is 6.84. The highest BCUT2D eigenvalue weighted by atomic mass is 35.5. The lowest BCUT2D eigenvalue weighted by atomic mass is 10.3. The van der Waals surface area contributed by atoms with Crippen LogP contribution in [0.5, 0.6) is 0 Å². The van der Waals surface area contributed by atoms with Crippen molar-refractivity contribution in [2.75, 3.05) is 18.0 Å². The van der Waals surface area contributed by atoms with Gasteiger partial charge in [-0.25, -0.2) is 4.57 Å². The maximum Gasteiger partial charge on any atom is 0.420 e. The molecule has 0 unspecified atom stereocenters. The molecule has 0 N–H and O–H groups in total. The van der Waals surface area contributed by atoms with E-state index in [9.17, 15) is 13.2 Å². The molecule has 0 atom stereocenters. The molecule has 0 saturated carbocycles. The van der Waals surface area contributed by atoms with Crippen LogP contribution in [-0.2, 0) is 6.18 Å². The summed E-state index contributed by atoms with van der Waals surface area (Å²) in [5.74, 6) is 0.468. The number of halogens is 4. The molecule has 3 nitrogen and oxygen atoms in total. The van der Waals surface area contributed by atoms with Crippen molar-refractivity contribution in [1.29, 1.82) is 0 Å². The van der Waals surface area contributed by atoms with E-state index in [1.807, 2.05) is 24.5 Å². The van der Waals surface area contributed by atoms with Crippen LogP contribution in [0.15, 0.2) is 42.9 Å². The molecule has 3 rings (SSSR count). The van der Waals surface area contributed by atoms with Gasteiger partial charge in [0.25, 0.3) is 0 Å². The quantitative estimate of drug-likeness (QED) is 0.722. The molecule has 2 aromatic heterocycles. The first kappa shape index (κ1) is 16.5. The second-order valence-electron chi connectivity index (χ2n) is 5.06. The van der Waals surface area contributed by atoms with Gasteiger partial charge in [-0.3, -0.25) is 0 Å². The zero-order valence-corrected chi connectivity index (χ0v) is 12.5. The molecule has 0 spiro atoms. The summed E-state index contributed by atoms with van der Waals surface area (Å²) in [6.45, 7) is 2.12.